The molecular weight excluding hydrogens is 268 g/mol. The second-order valence-electron chi connectivity index (χ2n) is 4.97. The fraction of sp³-hybridized carbons (Fsp3) is 0.267. The van der Waals surface area contributed by atoms with Crippen molar-refractivity contribution >= 4 is 17.2 Å². The summed E-state index contributed by atoms with van der Waals surface area (Å²) in [7, 11) is 0. The number of hydrogen-bond donors (Lipinski definition) is 0. The van der Waals surface area contributed by atoms with Gasteiger partial charge < -0.3 is 4.90 Å². The summed E-state index contributed by atoms with van der Waals surface area (Å²) in [5.74, 6) is 0.593. The average Bonchev–Trinajstić information content (AvgIpc) is 2.56. The van der Waals surface area contributed by atoms with E-state index in [1.54, 1.807) is 12.3 Å². The van der Waals surface area contributed by atoms with Gasteiger partial charge in [-0.2, -0.15) is 0 Å². The molecule has 0 aliphatic carbocycles. The van der Waals surface area contributed by atoms with E-state index in [0.29, 0.717) is 5.82 Å². The molecule has 2 aromatic rings. The molecular formula is C15H17N4O2+. The first-order valence-corrected chi connectivity index (χ1v) is 6.96. The first-order valence-electron chi connectivity index (χ1n) is 6.96. The molecule has 1 fully saturated rings. The summed E-state index contributed by atoms with van der Waals surface area (Å²) in [6, 6.07) is 13.4. The number of anilines is 2. The van der Waals surface area contributed by atoms with Gasteiger partial charge in [0.2, 0.25) is 0 Å². The van der Waals surface area contributed by atoms with Crippen LogP contribution in [0.1, 0.15) is 0 Å². The summed E-state index contributed by atoms with van der Waals surface area (Å²) in [6.07, 6.45) is 1.73. The lowest BCUT2D eigenvalue weighted by Gasteiger charge is -2.32. The molecule has 1 saturated heterocycles. The number of nitrogens with zero attached hydrogens (tertiary/aromatic N) is 3. The number of pyridine rings is 1. The Morgan fingerprint density at radius 2 is 1.62 bits per heavy atom. The van der Waals surface area contributed by atoms with Crippen LogP contribution in [0.15, 0.2) is 48.7 Å². The monoisotopic (exact) mass is 285 g/mol. The van der Waals surface area contributed by atoms with Gasteiger partial charge in [0.25, 0.3) is 0 Å². The molecule has 1 N–H and O–H groups in total. The van der Waals surface area contributed by atoms with Crippen LogP contribution in [0.5, 0.6) is 0 Å². The molecule has 21 heavy (non-hydrogen) atoms. The molecule has 1 aromatic heterocycles. The van der Waals surface area contributed by atoms with Gasteiger partial charge in [-0.25, -0.2) is 4.98 Å². The zero-order valence-corrected chi connectivity index (χ0v) is 11.6. The fourth-order valence-corrected chi connectivity index (χ4v) is 2.65. The largest absolute Gasteiger partial charge is 0.364 e. The van der Waals surface area contributed by atoms with Crippen LogP contribution in [0.4, 0.5) is 17.2 Å². The molecule has 0 amide bonds. The zero-order valence-electron chi connectivity index (χ0n) is 11.6. The van der Waals surface area contributed by atoms with E-state index in [1.165, 1.54) is 11.8 Å². The third-order valence-electron chi connectivity index (χ3n) is 3.73. The minimum Gasteiger partial charge on any atom is -0.364 e. The van der Waals surface area contributed by atoms with E-state index in [0.717, 1.165) is 26.2 Å². The fourth-order valence-electron chi connectivity index (χ4n) is 2.65. The Morgan fingerprint density at radius 3 is 2.29 bits per heavy atom. The second-order valence-corrected chi connectivity index (χ2v) is 4.97. The highest BCUT2D eigenvalue weighted by molar-refractivity contribution is 5.55. The standard InChI is InChI=1S/C15H16N4O2/c20-19(21)14-7-4-8-16-15(14)18-11-9-17(10-12-18)13-5-2-1-3-6-13/h1-8H,9-12H2/p+1. The zero-order chi connectivity index (χ0) is 14.7. The van der Waals surface area contributed by atoms with Gasteiger partial charge >= 0.3 is 11.5 Å². The third kappa shape index (κ3) is 2.79. The number of nitrogens with one attached hydrogen (secondary N) is 1. The molecule has 0 unspecified atom stereocenters. The smallest absolute Gasteiger partial charge is 0.357 e. The van der Waals surface area contributed by atoms with Gasteiger partial charge in [0.1, 0.15) is 13.1 Å². The summed E-state index contributed by atoms with van der Waals surface area (Å²) in [5.41, 5.74) is 1.33. The van der Waals surface area contributed by atoms with Crippen LogP contribution < -0.4 is 14.8 Å². The van der Waals surface area contributed by atoms with Gasteiger partial charge in [-0.05, 0) is 18.2 Å². The third-order valence-corrected chi connectivity index (χ3v) is 3.73. The van der Waals surface area contributed by atoms with Gasteiger partial charge in [0.15, 0.2) is 0 Å². The van der Waals surface area contributed by atoms with Crippen molar-refractivity contribution in [2.24, 2.45) is 0 Å². The predicted octanol–water partition coefficient (Wildman–Crippen LogP) is 1.74. The van der Waals surface area contributed by atoms with Crippen molar-refractivity contribution in [2.75, 3.05) is 36.0 Å². The number of nitro groups is 1. The van der Waals surface area contributed by atoms with E-state index in [4.69, 9.17) is 0 Å². The number of rotatable bonds is 3. The maximum atomic E-state index is 11.1. The Labute approximate surface area is 122 Å². The van der Waals surface area contributed by atoms with Crippen LogP contribution in [0.2, 0.25) is 0 Å². The van der Waals surface area contributed by atoms with Crippen molar-refractivity contribution in [3.63, 3.8) is 0 Å². The topological polar surface area (TPSA) is 63.8 Å². The molecule has 1 aromatic carbocycles. The number of hydrogen-bond acceptors (Lipinski definition) is 4. The van der Waals surface area contributed by atoms with Crippen LogP contribution >= 0.6 is 0 Å². The molecule has 6 heteroatoms. The SMILES string of the molecule is O=[N+]([O-])c1ccc[nH+]c1N1CCN(c2ccccc2)CC1. The van der Waals surface area contributed by atoms with E-state index in [1.807, 2.05) is 23.1 Å². The molecule has 6 nitrogen and oxygen atoms in total. The van der Waals surface area contributed by atoms with Crippen molar-refractivity contribution in [2.45, 2.75) is 0 Å². The molecule has 108 valence electrons. The Bertz CT molecular complexity index is 625. The van der Waals surface area contributed by atoms with Gasteiger partial charge in [-0.3, -0.25) is 15.0 Å². The van der Waals surface area contributed by atoms with E-state index >= 15 is 0 Å². The number of aromatic nitrogens is 1. The van der Waals surface area contributed by atoms with Crippen LogP contribution in [0, 0.1) is 10.1 Å². The normalized spacial score (nSPS) is 15.0. The number of para-hydroxylation sites is 1. The molecule has 0 radical (unpaired) electrons. The van der Waals surface area contributed by atoms with Crippen LogP contribution in [0.25, 0.3) is 0 Å². The van der Waals surface area contributed by atoms with Gasteiger partial charge in [0.05, 0.1) is 24.2 Å². The van der Waals surface area contributed by atoms with Gasteiger partial charge in [0, 0.05) is 11.8 Å². The molecule has 3 rings (SSSR count). The number of benzene rings is 1. The summed E-state index contributed by atoms with van der Waals surface area (Å²) in [4.78, 5) is 18.1. The number of aromatic amines is 1. The van der Waals surface area contributed by atoms with Gasteiger partial charge in [-0.1, -0.05) is 18.2 Å². The van der Waals surface area contributed by atoms with Crippen LogP contribution in [-0.2, 0) is 0 Å². The minimum absolute atomic E-state index is 0.130. The minimum atomic E-state index is -0.338. The Kier molecular flexibility index (Phi) is 3.68. The summed E-state index contributed by atoms with van der Waals surface area (Å²) < 4.78 is 0. The number of piperazine rings is 1. The molecule has 1 aliphatic heterocycles. The van der Waals surface area contributed by atoms with Crippen molar-refractivity contribution in [1.29, 1.82) is 0 Å². The quantitative estimate of drug-likeness (QED) is 0.636. The Morgan fingerprint density at radius 1 is 0.952 bits per heavy atom. The van der Waals surface area contributed by atoms with Crippen molar-refractivity contribution < 1.29 is 9.91 Å². The summed E-state index contributed by atoms with van der Waals surface area (Å²) in [6.45, 7) is 3.22. The Hall–Kier alpha value is -2.63. The molecule has 2 heterocycles. The molecule has 0 saturated carbocycles. The summed E-state index contributed by atoms with van der Waals surface area (Å²) in [5, 5.41) is 11.1. The second kappa shape index (κ2) is 5.78. The lowest BCUT2D eigenvalue weighted by Crippen LogP contribution is -2.48. The summed E-state index contributed by atoms with van der Waals surface area (Å²) >= 11 is 0. The number of H-pyrrole nitrogens is 1. The van der Waals surface area contributed by atoms with E-state index in [-0.39, 0.29) is 10.6 Å². The van der Waals surface area contributed by atoms with Crippen molar-refractivity contribution in [1.82, 2.24) is 0 Å². The lowest BCUT2D eigenvalue weighted by atomic mass is 10.2. The molecule has 0 atom stereocenters. The highest BCUT2D eigenvalue weighted by Gasteiger charge is 2.30. The predicted molar refractivity (Wildman–Crippen MR) is 80.5 cm³/mol. The molecule has 0 spiro atoms. The maximum Gasteiger partial charge on any atom is 0.357 e. The van der Waals surface area contributed by atoms with Crippen molar-refractivity contribution in [3.8, 4) is 0 Å². The van der Waals surface area contributed by atoms with Crippen molar-refractivity contribution in [3.05, 3.63) is 58.8 Å². The molecule has 1 aliphatic rings. The Balaban J connectivity index is 1.73. The van der Waals surface area contributed by atoms with E-state index < -0.39 is 0 Å². The lowest BCUT2D eigenvalue weighted by molar-refractivity contribution is -0.411. The first kappa shape index (κ1) is 13.4. The highest BCUT2D eigenvalue weighted by Crippen LogP contribution is 2.24. The average molecular weight is 285 g/mol. The van der Waals surface area contributed by atoms with Crippen LogP contribution in [-0.4, -0.2) is 31.1 Å². The maximum absolute atomic E-state index is 11.1. The van der Waals surface area contributed by atoms with E-state index in [2.05, 4.69) is 22.0 Å². The molecule has 0 bridgehead atoms. The van der Waals surface area contributed by atoms with E-state index in [9.17, 15) is 10.1 Å². The van der Waals surface area contributed by atoms with Gasteiger partial charge in [-0.15, -0.1) is 0 Å². The van der Waals surface area contributed by atoms with Crippen LogP contribution in [0.3, 0.4) is 0 Å². The highest BCUT2D eigenvalue weighted by atomic mass is 16.6. The first-order chi connectivity index (χ1) is 10.3.